The van der Waals surface area contributed by atoms with Crippen LogP contribution in [0, 0.1) is 13.8 Å². The van der Waals surface area contributed by atoms with Crippen molar-refractivity contribution in [3.63, 3.8) is 0 Å². The highest BCUT2D eigenvalue weighted by molar-refractivity contribution is 5.82. The Kier molecular flexibility index (Phi) is 5.50. The van der Waals surface area contributed by atoms with Crippen LogP contribution in [0.3, 0.4) is 0 Å². The molecule has 160 valence electrons. The lowest BCUT2D eigenvalue weighted by molar-refractivity contribution is 0.410. The number of rotatable bonds is 6. The first kappa shape index (κ1) is 20.7. The Hall–Kier alpha value is -3.61. The summed E-state index contributed by atoms with van der Waals surface area (Å²) >= 11 is 0. The molecule has 7 heteroatoms. The molecule has 2 aromatic carbocycles. The molecule has 2 heterocycles. The third kappa shape index (κ3) is 3.79. The van der Waals surface area contributed by atoms with Crippen molar-refractivity contribution in [2.45, 2.75) is 33.2 Å². The van der Waals surface area contributed by atoms with E-state index < -0.39 is 0 Å². The van der Waals surface area contributed by atoms with E-state index in [0.29, 0.717) is 17.9 Å². The second-order valence-electron chi connectivity index (χ2n) is 7.72. The predicted molar refractivity (Wildman–Crippen MR) is 122 cm³/mol. The molecule has 4 aromatic rings. The normalized spacial score (nSPS) is 12.2. The third-order valence-electron chi connectivity index (χ3n) is 5.84. The summed E-state index contributed by atoms with van der Waals surface area (Å²) in [5.41, 5.74) is 12.0. The van der Waals surface area contributed by atoms with Gasteiger partial charge in [0.05, 0.1) is 20.8 Å². The molecular formula is C24H27N5O2. The summed E-state index contributed by atoms with van der Waals surface area (Å²) < 4.78 is 13.0. The van der Waals surface area contributed by atoms with Gasteiger partial charge in [-0.25, -0.2) is 15.0 Å². The van der Waals surface area contributed by atoms with Crippen LogP contribution in [0.1, 0.15) is 40.9 Å². The van der Waals surface area contributed by atoms with Crippen molar-refractivity contribution in [3.05, 3.63) is 70.8 Å². The molecule has 7 nitrogen and oxygen atoms in total. The van der Waals surface area contributed by atoms with E-state index in [1.54, 1.807) is 14.2 Å². The fraction of sp³-hybridized carbons (Fsp3) is 0.292. The molecule has 0 fully saturated rings. The zero-order valence-corrected chi connectivity index (χ0v) is 18.5. The summed E-state index contributed by atoms with van der Waals surface area (Å²) in [5.74, 6) is 2.95. The maximum absolute atomic E-state index is 6.13. The van der Waals surface area contributed by atoms with Crippen LogP contribution in [-0.2, 0) is 6.54 Å². The molecule has 0 aliphatic heterocycles. The van der Waals surface area contributed by atoms with Gasteiger partial charge in [0.2, 0.25) is 0 Å². The fourth-order valence-electron chi connectivity index (χ4n) is 3.84. The molecule has 0 spiro atoms. The van der Waals surface area contributed by atoms with Gasteiger partial charge in [0, 0.05) is 5.92 Å². The fourth-order valence-corrected chi connectivity index (χ4v) is 3.84. The van der Waals surface area contributed by atoms with E-state index in [9.17, 15) is 0 Å². The predicted octanol–water partition coefficient (Wildman–Crippen LogP) is 4.24. The zero-order valence-electron chi connectivity index (χ0n) is 18.5. The summed E-state index contributed by atoms with van der Waals surface area (Å²) in [5, 5.41) is 0. The Bertz CT molecular complexity index is 1230. The molecule has 0 radical (unpaired) electrons. The Morgan fingerprint density at radius 2 is 1.77 bits per heavy atom. The Morgan fingerprint density at radius 1 is 1.03 bits per heavy atom. The van der Waals surface area contributed by atoms with E-state index in [1.165, 1.54) is 11.9 Å². The van der Waals surface area contributed by atoms with Crippen LogP contribution in [0.2, 0.25) is 0 Å². The summed E-state index contributed by atoms with van der Waals surface area (Å²) in [6.07, 6.45) is 1.48. The van der Waals surface area contributed by atoms with Gasteiger partial charge < -0.3 is 19.8 Å². The number of fused-ring (bicyclic) bond motifs is 1. The quantitative estimate of drug-likeness (QED) is 0.505. The third-order valence-corrected chi connectivity index (χ3v) is 5.84. The molecule has 0 aliphatic rings. The second-order valence-corrected chi connectivity index (χ2v) is 7.72. The highest BCUT2D eigenvalue weighted by Gasteiger charge is 2.22. The largest absolute Gasteiger partial charge is 0.497 e. The lowest BCUT2D eigenvalue weighted by atomic mass is 9.95. The number of methoxy groups -OCH3 is 2. The molecule has 2 N–H and O–H groups in total. The summed E-state index contributed by atoms with van der Waals surface area (Å²) in [6.45, 7) is 6.91. The maximum atomic E-state index is 6.13. The number of nitrogen functional groups attached to an aromatic ring is 1. The smallest absolute Gasteiger partial charge is 0.165 e. The molecule has 4 rings (SSSR count). The van der Waals surface area contributed by atoms with Crippen molar-refractivity contribution in [1.82, 2.24) is 19.5 Å². The van der Waals surface area contributed by atoms with Crippen molar-refractivity contribution < 1.29 is 9.47 Å². The molecule has 1 atom stereocenters. The minimum atomic E-state index is 0.0000448. The molecule has 0 amide bonds. The van der Waals surface area contributed by atoms with Gasteiger partial charge in [0.1, 0.15) is 23.7 Å². The minimum Gasteiger partial charge on any atom is -0.497 e. The van der Waals surface area contributed by atoms with Crippen LogP contribution in [0.5, 0.6) is 11.5 Å². The summed E-state index contributed by atoms with van der Waals surface area (Å²) in [4.78, 5) is 13.5. The maximum Gasteiger partial charge on any atom is 0.165 e. The van der Waals surface area contributed by atoms with Crippen LogP contribution in [0.15, 0.2) is 42.7 Å². The standard InChI is InChI=1S/C24H27N5O2/c1-14-10-18(11-20(31-5)15(14)2)16(3)23-28-21-22(25)26-13-27-24(21)29(23)12-17-6-8-19(30-4)9-7-17/h6-11,13,16H,12H2,1-5H3,(H2,25,26,27). The lowest BCUT2D eigenvalue weighted by Crippen LogP contribution is -2.10. The van der Waals surface area contributed by atoms with Gasteiger partial charge >= 0.3 is 0 Å². The van der Waals surface area contributed by atoms with Gasteiger partial charge in [-0.1, -0.05) is 25.1 Å². The number of anilines is 1. The molecule has 0 bridgehead atoms. The molecule has 0 saturated heterocycles. The minimum absolute atomic E-state index is 0.0000448. The second kappa shape index (κ2) is 8.26. The highest BCUT2D eigenvalue weighted by atomic mass is 16.5. The first-order chi connectivity index (χ1) is 14.9. The van der Waals surface area contributed by atoms with Gasteiger partial charge in [-0.2, -0.15) is 0 Å². The topological polar surface area (TPSA) is 88.1 Å². The van der Waals surface area contributed by atoms with E-state index in [0.717, 1.165) is 39.7 Å². The summed E-state index contributed by atoms with van der Waals surface area (Å²) in [7, 11) is 3.36. The molecule has 0 saturated carbocycles. The van der Waals surface area contributed by atoms with Crippen molar-refractivity contribution >= 4 is 17.0 Å². The molecular weight excluding hydrogens is 390 g/mol. The molecule has 2 aromatic heterocycles. The Labute approximate surface area is 181 Å². The van der Waals surface area contributed by atoms with Crippen molar-refractivity contribution in [1.29, 1.82) is 0 Å². The molecule has 0 aliphatic carbocycles. The Balaban J connectivity index is 1.84. The monoisotopic (exact) mass is 417 g/mol. The lowest BCUT2D eigenvalue weighted by Gasteiger charge is -2.18. The number of hydrogen-bond acceptors (Lipinski definition) is 6. The number of ether oxygens (including phenoxy) is 2. The van der Waals surface area contributed by atoms with Crippen LogP contribution in [0.25, 0.3) is 11.2 Å². The van der Waals surface area contributed by atoms with Crippen LogP contribution in [0.4, 0.5) is 5.82 Å². The zero-order chi connectivity index (χ0) is 22.1. The van der Waals surface area contributed by atoms with Crippen molar-refractivity contribution in [3.8, 4) is 11.5 Å². The first-order valence-electron chi connectivity index (χ1n) is 10.2. The van der Waals surface area contributed by atoms with Crippen LogP contribution >= 0.6 is 0 Å². The van der Waals surface area contributed by atoms with Crippen molar-refractivity contribution in [2.24, 2.45) is 0 Å². The number of aryl methyl sites for hydroxylation is 1. The van der Waals surface area contributed by atoms with Gasteiger partial charge in [-0.15, -0.1) is 0 Å². The number of aromatic nitrogens is 4. The van der Waals surface area contributed by atoms with Crippen LogP contribution in [-0.4, -0.2) is 33.7 Å². The van der Waals surface area contributed by atoms with E-state index in [4.69, 9.17) is 20.2 Å². The highest BCUT2D eigenvalue weighted by Crippen LogP contribution is 2.33. The van der Waals surface area contributed by atoms with Crippen LogP contribution < -0.4 is 15.2 Å². The van der Waals surface area contributed by atoms with E-state index in [2.05, 4.69) is 47.4 Å². The average Bonchev–Trinajstić information content (AvgIpc) is 3.15. The van der Waals surface area contributed by atoms with Gasteiger partial charge in [0.25, 0.3) is 0 Å². The number of benzene rings is 2. The number of nitrogens with two attached hydrogens (primary N) is 1. The van der Waals surface area contributed by atoms with Gasteiger partial charge in [-0.05, 0) is 54.3 Å². The number of nitrogens with zero attached hydrogens (tertiary/aromatic N) is 4. The van der Waals surface area contributed by atoms with Crippen molar-refractivity contribution in [2.75, 3.05) is 20.0 Å². The Morgan fingerprint density at radius 3 is 2.45 bits per heavy atom. The SMILES string of the molecule is COc1ccc(Cn2c(C(C)c3cc(C)c(C)c(OC)c3)nc3c(N)ncnc32)cc1. The van der Waals surface area contributed by atoms with E-state index >= 15 is 0 Å². The van der Waals surface area contributed by atoms with Gasteiger partial charge in [0.15, 0.2) is 17.0 Å². The number of hydrogen-bond donors (Lipinski definition) is 1. The molecule has 1 unspecified atom stereocenters. The first-order valence-corrected chi connectivity index (χ1v) is 10.2. The number of imidazole rings is 1. The molecule has 31 heavy (non-hydrogen) atoms. The summed E-state index contributed by atoms with van der Waals surface area (Å²) in [6, 6.07) is 12.3. The van der Waals surface area contributed by atoms with E-state index in [1.807, 2.05) is 24.3 Å². The van der Waals surface area contributed by atoms with Gasteiger partial charge in [-0.3, -0.25) is 0 Å². The average molecular weight is 418 g/mol. The van der Waals surface area contributed by atoms with E-state index in [-0.39, 0.29) is 5.92 Å².